The van der Waals surface area contributed by atoms with Crippen molar-refractivity contribution in [1.29, 1.82) is 0 Å². The lowest BCUT2D eigenvalue weighted by atomic mass is 10.2. The van der Waals surface area contributed by atoms with Crippen LogP contribution >= 0.6 is 15.9 Å². The number of amides is 1. The van der Waals surface area contributed by atoms with E-state index >= 15 is 0 Å². The van der Waals surface area contributed by atoms with Gasteiger partial charge >= 0.3 is 0 Å². The fraction of sp³-hybridized carbons (Fsp3) is 0.350. The highest BCUT2D eigenvalue weighted by Gasteiger charge is 2.19. The number of benzene rings is 1. The average molecular weight is 462 g/mol. The largest absolute Gasteiger partial charge is 0.490 e. The van der Waals surface area contributed by atoms with E-state index in [0.29, 0.717) is 41.4 Å². The molecular weight excluding hydrogens is 438 g/mol. The first-order valence-corrected chi connectivity index (χ1v) is 10.1. The Labute approximate surface area is 177 Å². The van der Waals surface area contributed by atoms with Crippen LogP contribution in [0.5, 0.6) is 11.5 Å². The molecule has 0 bridgehead atoms. The minimum atomic E-state index is -0.251. The molecule has 0 unspecified atom stereocenters. The maximum Gasteiger partial charge on any atom is 0.275 e. The Morgan fingerprint density at radius 2 is 1.93 bits per heavy atom. The molecule has 9 heteroatoms. The van der Waals surface area contributed by atoms with E-state index in [4.69, 9.17) is 9.47 Å². The summed E-state index contributed by atoms with van der Waals surface area (Å²) in [5.74, 6) is 1.19. The minimum Gasteiger partial charge on any atom is -0.490 e. The predicted octanol–water partition coefficient (Wildman–Crippen LogP) is 3.79. The molecule has 2 aromatic heterocycles. The number of ether oxygens (including phenoxy) is 2. The first-order valence-electron chi connectivity index (χ1n) is 9.34. The average Bonchev–Trinajstić information content (AvgIpc) is 3.21. The zero-order chi connectivity index (χ0) is 21.0. The van der Waals surface area contributed by atoms with Gasteiger partial charge in [0.1, 0.15) is 5.69 Å². The molecule has 0 radical (unpaired) electrons. The van der Waals surface area contributed by atoms with Crippen molar-refractivity contribution in [1.82, 2.24) is 19.6 Å². The highest BCUT2D eigenvalue weighted by Crippen LogP contribution is 2.29. The number of nitrogens with one attached hydrogen (secondary N) is 1. The van der Waals surface area contributed by atoms with Crippen LogP contribution in [0.25, 0.3) is 0 Å². The second-order valence-electron chi connectivity index (χ2n) is 6.40. The van der Waals surface area contributed by atoms with Crippen molar-refractivity contribution in [3.05, 3.63) is 52.0 Å². The summed E-state index contributed by atoms with van der Waals surface area (Å²) in [7, 11) is 1.73. The number of aryl methyl sites for hydroxylation is 2. The Morgan fingerprint density at radius 1 is 1.21 bits per heavy atom. The molecule has 1 aromatic carbocycles. The highest BCUT2D eigenvalue weighted by atomic mass is 79.9. The molecular formula is C20H24BrN5O3. The number of anilines is 1. The lowest BCUT2D eigenvalue weighted by Crippen LogP contribution is -2.16. The Bertz CT molecular complexity index is 1010. The van der Waals surface area contributed by atoms with Gasteiger partial charge in [-0.15, -0.1) is 0 Å². The number of hydrogen-bond acceptors (Lipinski definition) is 5. The topological polar surface area (TPSA) is 83.2 Å². The molecule has 29 heavy (non-hydrogen) atoms. The van der Waals surface area contributed by atoms with Crippen molar-refractivity contribution in [3.63, 3.8) is 0 Å². The molecule has 2 heterocycles. The summed E-state index contributed by atoms with van der Waals surface area (Å²) in [6.07, 6.45) is 3.40. The number of hydrogen-bond donors (Lipinski definition) is 1. The smallest absolute Gasteiger partial charge is 0.275 e. The number of carbonyl (C=O) groups excluding carboxylic acids is 1. The highest BCUT2D eigenvalue weighted by molar-refractivity contribution is 9.10. The number of aromatic nitrogens is 4. The summed E-state index contributed by atoms with van der Waals surface area (Å²) in [4.78, 5) is 12.6. The normalized spacial score (nSPS) is 10.8. The van der Waals surface area contributed by atoms with E-state index in [1.807, 2.05) is 39.0 Å². The van der Waals surface area contributed by atoms with Gasteiger partial charge in [-0.1, -0.05) is 6.07 Å². The van der Waals surface area contributed by atoms with E-state index < -0.39 is 0 Å². The standard InChI is InChI=1S/C20H24BrN5O3/c1-5-28-16-8-7-14(9-17(16)29-6-2)11-26-12-15(10-22-26)23-20(27)19-18(21)13(3)24-25(19)4/h7-10,12H,5-6,11H2,1-4H3,(H,23,27). The van der Waals surface area contributed by atoms with Crippen molar-refractivity contribution in [2.24, 2.45) is 7.05 Å². The van der Waals surface area contributed by atoms with Crippen LogP contribution in [0.3, 0.4) is 0 Å². The van der Waals surface area contributed by atoms with E-state index in [2.05, 4.69) is 31.4 Å². The van der Waals surface area contributed by atoms with E-state index in [0.717, 1.165) is 17.0 Å². The summed E-state index contributed by atoms with van der Waals surface area (Å²) in [6.45, 7) is 7.39. The first kappa shape index (κ1) is 20.9. The third-order valence-electron chi connectivity index (χ3n) is 4.21. The molecule has 3 aromatic rings. The zero-order valence-electron chi connectivity index (χ0n) is 16.9. The van der Waals surface area contributed by atoms with E-state index in [1.54, 1.807) is 28.8 Å². The van der Waals surface area contributed by atoms with Crippen molar-refractivity contribution in [3.8, 4) is 11.5 Å². The van der Waals surface area contributed by atoms with Crippen LogP contribution in [0.1, 0.15) is 35.6 Å². The van der Waals surface area contributed by atoms with Crippen LogP contribution in [0, 0.1) is 6.92 Å². The van der Waals surface area contributed by atoms with Crippen molar-refractivity contribution in [2.75, 3.05) is 18.5 Å². The molecule has 1 amide bonds. The molecule has 3 rings (SSSR count). The lowest BCUT2D eigenvalue weighted by Gasteiger charge is -2.12. The number of halogens is 1. The monoisotopic (exact) mass is 461 g/mol. The maximum atomic E-state index is 12.6. The maximum absolute atomic E-state index is 12.6. The van der Waals surface area contributed by atoms with Gasteiger partial charge in [-0.2, -0.15) is 10.2 Å². The molecule has 0 spiro atoms. The Kier molecular flexibility index (Phi) is 6.58. The molecule has 0 fully saturated rings. The third kappa shape index (κ3) is 4.79. The van der Waals surface area contributed by atoms with Gasteiger partial charge in [0, 0.05) is 13.2 Å². The summed E-state index contributed by atoms with van der Waals surface area (Å²) in [5, 5.41) is 11.4. The summed E-state index contributed by atoms with van der Waals surface area (Å²) < 4.78 is 15.3. The van der Waals surface area contributed by atoms with Crippen LogP contribution < -0.4 is 14.8 Å². The molecule has 0 aliphatic rings. The Balaban J connectivity index is 1.72. The molecule has 8 nitrogen and oxygen atoms in total. The van der Waals surface area contributed by atoms with E-state index in [9.17, 15) is 4.79 Å². The van der Waals surface area contributed by atoms with Gasteiger partial charge < -0.3 is 14.8 Å². The number of rotatable bonds is 8. The summed E-state index contributed by atoms with van der Waals surface area (Å²) >= 11 is 3.41. The molecule has 1 N–H and O–H groups in total. The Morgan fingerprint density at radius 3 is 2.59 bits per heavy atom. The fourth-order valence-corrected chi connectivity index (χ4v) is 3.48. The van der Waals surface area contributed by atoms with Gasteiger partial charge in [0.25, 0.3) is 5.91 Å². The second kappa shape index (κ2) is 9.13. The Hall–Kier alpha value is -2.81. The van der Waals surface area contributed by atoms with Crippen molar-refractivity contribution in [2.45, 2.75) is 27.3 Å². The second-order valence-corrected chi connectivity index (χ2v) is 7.19. The van der Waals surface area contributed by atoms with E-state index in [1.165, 1.54) is 0 Å². The van der Waals surface area contributed by atoms with Crippen LogP contribution in [-0.4, -0.2) is 38.7 Å². The fourth-order valence-electron chi connectivity index (χ4n) is 2.96. The predicted molar refractivity (Wildman–Crippen MR) is 114 cm³/mol. The summed E-state index contributed by atoms with van der Waals surface area (Å²) in [5.41, 5.74) is 2.84. The van der Waals surface area contributed by atoms with Crippen molar-refractivity contribution >= 4 is 27.5 Å². The number of carbonyl (C=O) groups is 1. The van der Waals surface area contributed by atoms with Crippen LogP contribution in [-0.2, 0) is 13.6 Å². The van der Waals surface area contributed by atoms with Gasteiger partial charge in [-0.05, 0) is 54.4 Å². The van der Waals surface area contributed by atoms with Gasteiger partial charge in [-0.25, -0.2) is 0 Å². The van der Waals surface area contributed by atoms with Crippen molar-refractivity contribution < 1.29 is 14.3 Å². The molecule has 0 atom stereocenters. The molecule has 154 valence electrons. The van der Waals surface area contributed by atoms with Gasteiger partial charge in [0.15, 0.2) is 11.5 Å². The third-order valence-corrected chi connectivity index (χ3v) is 5.16. The summed E-state index contributed by atoms with van der Waals surface area (Å²) in [6, 6.07) is 5.82. The first-order chi connectivity index (χ1) is 13.9. The van der Waals surface area contributed by atoms with Crippen LogP contribution in [0.2, 0.25) is 0 Å². The lowest BCUT2D eigenvalue weighted by molar-refractivity contribution is 0.101. The SMILES string of the molecule is CCOc1ccc(Cn2cc(NC(=O)c3c(Br)c(C)nn3C)cn2)cc1OCC. The van der Waals surface area contributed by atoms with E-state index in [-0.39, 0.29) is 5.91 Å². The van der Waals surface area contributed by atoms with Gasteiger partial charge in [-0.3, -0.25) is 14.2 Å². The zero-order valence-corrected chi connectivity index (χ0v) is 18.5. The van der Waals surface area contributed by atoms with Gasteiger partial charge in [0.05, 0.1) is 41.8 Å². The minimum absolute atomic E-state index is 0.251. The molecule has 0 saturated heterocycles. The molecule has 0 saturated carbocycles. The van der Waals surface area contributed by atoms with Crippen LogP contribution in [0.4, 0.5) is 5.69 Å². The molecule has 0 aliphatic heterocycles. The quantitative estimate of drug-likeness (QED) is 0.551. The number of nitrogens with zero attached hydrogens (tertiary/aromatic N) is 4. The molecule has 0 aliphatic carbocycles. The van der Waals surface area contributed by atoms with Gasteiger partial charge in [0.2, 0.25) is 0 Å². The van der Waals surface area contributed by atoms with Crippen LogP contribution in [0.15, 0.2) is 35.1 Å².